The van der Waals surface area contributed by atoms with E-state index in [9.17, 15) is 9.59 Å². The number of rotatable bonds is 9. The van der Waals surface area contributed by atoms with E-state index >= 15 is 0 Å². The van der Waals surface area contributed by atoms with E-state index in [-0.39, 0.29) is 11.9 Å². The number of hydrogen-bond acceptors (Lipinski definition) is 5. The number of ether oxygens (including phenoxy) is 2. The van der Waals surface area contributed by atoms with Crippen LogP contribution in [0.2, 0.25) is 0 Å². The third-order valence-corrected chi connectivity index (χ3v) is 2.25. The molecule has 0 N–H and O–H groups in total. The van der Waals surface area contributed by atoms with Gasteiger partial charge in [-0.25, -0.2) is 0 Å². The summed E-state index contributed by atoms with van der Waals surface area (Å²) in [6.07, 6.45) is 2.19. The maximum Gasteiger partial charge on any atom is 0.302 e. The summed E-state index contributed by atoms with van der Waals surface area (Å²) in [5.74, 6) is -0.527. The maximum absolute atomic E-state index is 10.6. The molecule has 0 atom stereocenters. The summed E-state index contributed by atoms with van der Waals surface area (Å²) in [5.41, 5.74) is 0. The average molecular weight is 245 g/mol. The fourth-order valence-corrected chi connectivity index (χ4v) is 1.35. The minimum Gasteiger partial charge on any atom is -0.465 e. The predicted octanol–water partition coefficient (Wildman–Crippen LogP) is 1.21. The van der Waals surface area contributed by atoms with Crippen molar-refractivity contribution in [3.8, 4) is 0 Å². The molecule has 0 spiro atoms. The quantitative estimate of drug-likeness (QED) is 0.572. The summed E-state index contributed by atoms with van der Waals surface area (Å²) < 4.78 is 9.78. The van der Waals surface area contributed by atoms with Crippen molar-refractivity contribution < 1.29 is 19.1 Å². The molecule has 0 radical (unpaired) electrons. The first-order chi connectivity index (χ1) is 8.06. The predicted molar refractivity (Wildman–Crippen MR) is 64.6 cm³/mol. The van der Waals surface area contributed by atoms with Crippen LogP contribution in [0.4, 0.5) is 0 Å². The first-order valence-corrected chi connectivity index (χ1v) is 6.05. The molecule has 0 aliphatic carbocycles. The molecule has 0 aliphatic heterocycles. The smallest absolute Gasteiger partial charge is 0.302 e. The molecule has 5 nitrogen and oxygen atoms in total. The van der Waals surface area contributed by atoms with E-state index in [1.807, 2.05) is 0 Å². The fourth-order valence-electron chi connectivity index (χ4n) is 1.35. The van der Waals surface area contributed by atoms with Crippen molar-refractivity contribution in [2.24, 2.45) is 0 Å². The highest BCUT2D eigenvalue weighted by atomic mass is 16.5. The molecule has 0 aromatic heterocycles. The molecular formula is C12H23NO4. The van der Waals surface area contributed by atoms with Gasteiger partial charge in [-0.2, -0.15) is 0 Å². The van der Waals surface area contributed by atoms with E-state index < -0.39 is 0 Å². The van der Waals surface area contributed by atoms with Crippen LogP contribution in [0.1, 0.15) is 33.6 Å². The van der Waals surface area contributed by atoms with Crippen LogP contribution in [-0.4, -0.2) is 49.7 Å². The Balaban J connectivity index is 3.78. The highest BCUT2D eigenvalue weighted by Gasteiger charge is 2.06. The number of esters is 2. The largest absolute Gasteiger partial charge is 0.465 e. The van der Waals surface area contributed by atoms with Gasteiger partial charge in [0.1, 0.15) is 13.2 Å². The number of hydrogen-bond donors (Lipinski definition) is 0. The van der Waals surface area contributed by atoms with Gasteiger partial charge in [-0.3, -0.25) is 14.5 Å². The summed E-state index contributed by atoms with van der Waals surface area (Å²) in [6.45, 7) is 7.99. The third kappa shape index (κ3) is 11.2. The second kappa shape index (κ2) is 10.1. The zero-order valence-corrected chi connectivity index (χ0v) is 11.0. The van der Waals surface area contributed by atoms with Crippen molar-refractivity contribution >= 4 is 11.9 Å². The van der Waals surface area contributed by atoms with Gasteiger partial charge in [0.25, 0.3) is 0 Å². The van der Waals surface area contributed by atoms with Crippen molar-refractivity contribution in [2.75, 3.05) is 32.8 Å². The molecule has 0 saturated heterocycles. The molecule has 100 valence electrons. The second-order valence-corrected chi connectivity index (χ2v) is 3.88. The van der Waals surface area contributed by atoms with Gasteiger partial charge in [-0.05, 0) is 13.0 Å². The molecule has 0 fully saturated rings. The molecule has 17 heavy (non-hydrogen) atoms. The SMILES string of the molecule is CCCCN(CCOC(C)=O)CCOC(C)=O. The van der Waals surface area contributed by atoms with Crippen LogP contribution in [0, 0.1) is 0 Å². The summed E-state index contributed by atoms with van der Waals surface area (Å²) in [5, 5.41) is 0. The normalized spacial score (nSPS) is 10.4. The van der Waals surface area contributed by atoms with Crippen LogP contribution < -0.4 is 0 Å². The van der Waals surface area contributed by atoms with Gasteiger partial charge < -0.3 is 9.47 Å². The van der Waals surface area contributed by atoms with Gasteiger partial charge in [0.2, 0.25) is 0 Å². The van der Waals surface area contributed by atoms with Crippen molar-refractivity contribution in [2.45, 2.75) is 33.6 Å². The summed E-state index contributed by atoms with van der Waals surface area (Å²) in [7, 11) is 0. The van der Waals surface area contributed by atoms with Crippen LogP contribution in [0.3, 0.4) is 0 Å². The van der Waals surface area contributed by atoms with E-state index in [4.69, 9.17) is 9.47 Å². The van der Waals surface area contributed by atoms with E-state index in [1.54, 1.807) is 0 Å². The van der Waals surface area contributed by atoms with Gasteiger partial charge in [0.05, 0.1) is 0 Å². The van der Waals surface area contributed by atoms with Gasteiger partial charge >= 0.3 is 11.9 Å². The molecular weight excluding hydrogens is 222 g/mol. The number of carbonyl (C=O) groups excluding carboxylic acids is 2. The monoisotopic (exact) mass is 245 g/mol. The average Bonchev–Trinajstić information content (AvgIpc) is 2.24. The molecule has 0 aliphatic rings. The van der Waals surface area contributed by atoms with E-state index in [0.29, 0.717) is 26.3 Å². The highest BCUT2D eigenvalue weighted by molar-refractivity contribution is 5.66. The van der Waals surface area contributed by atoms with Crippen molar-refractivity contribution in [1.82, 2.24) is 4.90 Å². The Kier molecular flexibility index (Phi) is 9.43. The Hall–Kier alpha value is -1.10. The van der Waals surface area contributed by atoms with Crippen LogP contribution in [0.5, 0.6) is 0 Å². The lowest BCUT2D eigenvalue weighted by atomic mass is 10.3. The maximum atomic E-state index is 10.6. The molecule has 0 rings (SSSR count). The topological polar surface area (TPSA) is 55.8 Å². The van der Waals surface area contributed by atoms with Crippen molar-refractivity contribution in [3.05, 3.63) is 0 Å². The highest BCUT2D eigenvalue weighted by Crippen LogP contribution is 1.96. The van der Waals surface area contributed by atoms with E-state index in [1.165, 1.54) is 13.8 Å². The van der Waals surface area contributed by atoms with Crippen LogP contribution in [0.15, 0.2) is 0 Å². The lowest BCUT2D eigenvalue weighted by Crippen LogP contribution is -2.32. The van der Waals surface area contributed by atoms with Crippen molar-refractivity contribution in [1.29, 1.82) is 0 Å². The fraction of sp³-hybridized carbons (Fsp3) is 0.833. The minimum atomic E-state index is -0.263. The second-order valence-electron chi connectivity index (χ2n) is 3.88. The van der Waals surface area contributed by atoms with Crippen molar-refractivity contribution in [3.63, 3.8) is 0 Å². The Bertz CT molecular complexity index is 211. The molecule has 0 unspecified atom stereocenters. The molecule has 5 heteroatoms. The zero-order valence-electron chi connectivity index (χ0n) is 11.0. The third-order valence-electron chi connectivity index (χ3n) is 2.25. The number of nitrogens with zero attached hydrogens (tertiary/aromatic N) is 1. The molecule has 0 aromatic carbocycles. The van der Waals surface area contributed by atoms with E-state index in [2.05, 4.69) is 11.8 Å². The Morgan fingerprint density at radius 3 is 1.76 bits per heavy atom. The number of carbonyl (C=O) groups is 2. The first-order valence-electron chi connectivity index (χ1n) is 6.05. The standard InChI is InChI=1S/C12H23NO4/c1-4-5-6-13(7-9-16-11(2)14)8-10-17-12(3)15/h4-10H2,1-3H3. The minimum absolute atomic E-state index is 0.263. The van der Waals surface area contributed by atoms with Gasteiger partial charge in [-0.1, -0.05) is 13.3 Å². The Morgan fingerprint density at radius 1 is 0.941 bits per heavy atom. The zero-order chi connectivity index (χ0) is 13.1. The van der Waals surface area contributed by atoms with Crippen LogP contribution in [0.25, 0.3) is 0 Å². The lowest BCUT2D eigenvalue weighted by molar-refractivity contribution is -0.141. The Morgan fingerprint density at radius 2 is 1.41 bits per heavy atom. The number of unbranched alkanes of at least 4 members (excludes halogenated alkanes) is 1. The van der Waals surface area contributed by atoms with Gasteiger partial charge in [-0.15, -0.1) is 0 Å². The summed E-state index contributed by atoms with van der Waals surface area (Å²) >= 11 is 0. The molecule has 0 bridgehead atoms. The lowest BCUT2D eigenvalue weighted by Gasteiger charge is -2.21. The van der Waals surface area contributed by atoms with Gasteiger partial charge in [0, 0.05) is 26.9 Å². The Labute approximate surface area is 103 Å². The van der Waals surface area contributed by atoms with Crippen LogP contribution in [-0.2, 0) is 19.1 Å². The summed E-state index contributed by atoms with van der Waals surface area (Å²) in [6, 6.07) is 0. The summed E-state index contributed by atoms with van der Waals surface area (Å²) in [4.78, 5) is 23.4. The molecule has 0 aromatic rings. The molecule has 0 amide bonds. The van der Waals surface area contributed by atoms with E-state index in [0.717, 1.165) is 19.4 Å². The van der Waals surface area contributed by atoms with Gasteiger partial charge in [0.15, 0.2) is 0 Å². The molecule has 0 saturated carbocycles. The molecule has 0 heterocycles. The first kappa shape index (κ1) is 15.9. The van der Waals surface area contributed by atoms with Crippen LogP contribution >= 0.6 is 0 Å².